The summed E-state index contributed by atoms with van der Waals surface area (Å²) in [6, 6.07) is 0. The van der Waals surface area contributed by atoms with Gasteiger partial charge in [0.15, 0.2) is 5.78 Å². The van der Waals surface area contributed by atoms with E-state index in [0.29, 0.717) is 0 Å². The van der Waals surface area contributed by atoms with Crippen LogP contribution >= 0.6 is 22.6 Å². The monoisotopic (exact) mass is 266 g/mol. The molecule has 0 aliphatic heterocycles. The van der Waals surface area contributed by atoms with Gasteiger partial charge < -0.3 is 5.11 Å². The van der Waals surface area contributed by atoms with Crippen molar-refractivity contribution in [2.45, 2.75) is 20.0 Å². The molecule has 0 saturated heterocycles. The van der Waals surface area contributed by atoms with Crippen LogP contribution in [0.15, 0.2) is 11.1 Å². The maximum atomic E-state index is 11.2. The molecule has 11 heavy (non-hydrogen) atoms. The van der Waals surface area contributed by atoms with Crippen molar-refractivity contribution >= 4 is 28.4 Å². The average molecular weight is 266 g/mol. The standard InChI is InChI=1S/C8H11IO2/c1-4-6(3-9)5(2)8(11)7(4)10/h4,7,10H,3H2,1-2H3/t4-,7+/m0/s1. The molecule has 0 amide bonds. The third kappa shape index (κ3) is 1.36. The summed E-state index contributed by atoms with van der Waals surface area (Å²) in [5.74, 6) is -0.0661. The van der Waals surface area contributed by atoms with E-state index in [1.807, 2.05) is 6.92 Å². The van der Waals surface area contributed by atoms with Gasteiger partial charge in [-0.2, -0.15) is 0 Å². The Kier molecular flexibility index (Phi) is 2.70. The number of halogens is 1. The van der Waals surface area contributed by atoms with E-state index in [9.17, 15) is 9.90 Å². The van der Waals surface area contributed by atoms with E-state index in [1.54, 1.807) is 6.92 Å². The summed E-state index contributed by atoms with van der Waals surface area (Å²) < 4.78 is 0.841. The normalized spacial score (nSPS) is 31.8. The lowest BCUT2D eigenvalue weighted by atomic mass is 10.0. The minimum atomic E-state index is -0.778. The Bertz CT molecular complexity index is 220. The van der Waals surface area contributed by atoms with Crippen LogP contribution in [0, 0.1) is 5.92 Å². The van der Waals surface area contributed by atoms with Gasteiger partial charge in [0.25, 0.3) is 0 Å². The molecular weight excluding hydrogens is 255 g/mol. The summed E-state index contributed by atoms with van der Waals surface area (Å²) in [6.45, 7) is 3.69. The summed E-state index contributed by atoms with van der Waals surface area (Å²) >= 11 is 2.22. The highest BCUT2D eigenvalue weighted by atomic mass is 127. The molecule has 0 aromatic heterocycles. The Morgan fingerprint density at radius 2 is 2.18 bits per heavy atom. The van der Waals surface area contributed by atoms with E-state index in [-0.39, 0.29) is 11.7 Å². The maximum absolute atomic E-state index is 11.2. The average Bonchev–Trinajstić information content (AvgIpc) is 2.17. The second-order valence-electron chi connectivity index (χ2n) is 2.88. The molecular formula is C8H11IO2. The predicted octanol–water partition coefficient (Wildman–Crippen LogP) is 1.32. The Hall–Kier alpha value is 0.100. The van der Waals surface area contributed by atoms with Crippen molar-refractivity contribution in [3.63, 3.8) is 0 Å². The van der Waals surface area contributed by atoms with Crippen LogP contribution in [0.25, 0.3) is 0 Å². The fourth-order valence-corrected chi connectivity index (χ4v) is 2.63. The Balaban J connectivity index is 2.98. The molecule has 0 bridgehead atoms. The van der Waals surface area contributed by atoms with Crippen molar-refractivity contribution in [3.05, 3.63) is 11.1 Å². The zero-order valence-corrected chi connectivity index (χ0v) is 8.75. The maximum Gasteiger partial charge on any atom is 0.187 e. The van der Waals surface area contributed by atoms with E-state index in [4.69, 9.17) is 0 Å². The van der Waals surface area contributed by atoms with Gasteiger partial charge in [-0.25, -0.2) is 0 Å². The molecule has 0 aromatic carbocycles. The quantitative estimate of drug-likeness (QED) is 0.574. The van der Waals surface area contributed by atoms with Crippen LogP contribution in [-0.4, -0.2) is 21.4 Å². The smallest absolute Gasteiger partial charge is 0.187 e. The third-order valence-electron chi connectivity index (χ3n) is 2.29. The Morgan fingerprint density at radius 1 is 1.64 bits per heavy atom. The first-order valence-electron chi connectivity index (χ1n) is 3.57. The van der Waals surface area contributed by atoms with Gasteiger partial charge >= 0.3 is 0 Å². The van der Waals surface area contributed by atoms with E-state index in [1.165, 1.54) is 0 Å². The molecule has 0 fully saturated rings. The van der Waals surface area contributed by atoms with Gasteiger partial charge in [0, 0.05) is 10.3 Å². The highest BCUT2D eigenvalue weighted by Gasteiger charge is 2.34. The van der Waals surface area contributed by atoms with Gasteiger partial charge in [-0.3, -0.25) is 4.79 Å². The summed E-state index contributed by atoms with van der Waals surface area (Å²) in [6.07, 6.45) is -0.778. The van der Waals surface area contributed by atoms with Crippen molar-refractivity contribution in [2.75, 3.05) is 4.43 Å². The van der Waals surface area contributed by atoms with Gasteiger partial charge in [0.05, 0.1) is 0 Å². The minimum absolute atomic E-state index is 0.0272. The molecule has 0 radical (unpaired) electrons. The topological polar surface area (TPSA) is 37.3 Å². The number of aliphatic hydroxyl groups excluding tert-OH is 1. The molecule has 0 heterocycles. The molecule has 0 spiro atoms. The van der Waals surface area contributed by atoms with Crippen molar-refractivity contribution in [3.8, 4) is 0 Å². The number of alkyl halides is 1. The van der Waals surface area contributed by atoms with Crippen molar-refractivity contribution in [2.24, 2.45) is 5.92 Å². The number of ketones is 1. The summed E-state index contributed by atoms with van der Waals surface area (Å²) in [4.78, 5) is 11.2. The van der Waals surface area contributed by atoms with Gasteiger partial charge in [-0.05, 0) is 18.1 Å². The second kappa shape index (κ2) is 3.23. The fraction of sp³-hybridized carbons (Fsp3) is 0.625. The number of carbonyl (C=O) groups excluding carboxylic acids is 1. The van der Waals surface area contributed by atoms with Crippen molar-refractivity contribution < 1.29 is 9.90 Å². The number of carbonyl (C=O) groups is 1. The van der Waals surface area contributed by atoms with Crippen LogP contribution in [0.2, 0.25) is 0 Å². The van der Waals surface area contributed by atoms with E-state index in [2.05, 4.69) is 22.6 Å². The first-order chi connectivity index (χ1) is 5.09. The highest BCUT2D eigenvalue weighted by molar-refractivity contribution is 14.1. The van der Waals surface area contributed by atoms with E-state index < -0.39 is 6.10 Å². The summed E-state index contributed by atoms with van der Waals surface area (Å²) in [5, 5.41) is 9.34. The molecule has 1 aliphatic rings. The number of rotatable bonds is 1. The van der Waals surface area contributed by atoms with Crippen molar-refractivity contribution in [1.29, 1.82) is 0 Å². The molecule has 1 rings (SSSR count). The Labute approximate surface area is 79.8 Å². The molecule has 1 aliphatic carbocycles. The number of hydrogen-bond acceptors (Lipinski definition) is 2. The highest BCUT2D eigenvalue weighted by Crippen LogP contribution is 2.30. The van der Waals surface area contributed by atoms with Crippen LogP contribution in [0.3, 0.4) is 0 Å². The van der Waals surface area contributed by atoms with Crippen LogP contribution in [0.4, 0.5) is 0 Å². The lowest BCUT2D eigenvalue weighted by Crippen LogP contribution is -2.21. The summed E-state index contributed by atoms with van der Waals surface area (Å²) in [7, 11) is 0. The second-order valence-corrected chi connectivity index (χ2v) is 3.64. The van der Waals surface area contributed by atoms with Gasteiger partial charge in [-0.1, -0.05) is 29.5 Å². The molecule has 1 N–H and O–H groups in total. The Morgan fingerprint density at radius 3 is 2.36 bits per heavy atom. The van der Waals surface area contributed by atoms with E-state index in [0.717, 1.165) is 15.6 Å². The van der Waals surface area contributed by atoms with Gasteiger partial charge in [0.1, 0.15) is 6.10 Å². The minimum Gasteiger partial charge on any atom is -0.384 e. The largest absolute Gasteiger partial charge is 0.384 e. The molecule has 3 heteroatoms. The molecule has 62 valence electrons. The predicted molar refractivity (Wildman–Crippen MR) is 51.8 cm³/mol. The fourth-order valence-electron chi connectivity index (χ4n) is 1.36. The van der Waals surface area contributed by atoms with Crippen LogP contribution in [0.1, 0.15) is 13.8 Å². The zero-order chi connectivity index (χ0) is 8.59. The van der Waals surface area contributed by atoms with E-state index >= 15 is 0 Å². The van der Waals surface area contributed by atoms with Crippen LogP contribution in [-0.2, 0) is 4.79 Å². The SMILES string of the molecule is CC1=C(CI)[C@H](C)[C@@H](O)C1=O. The molecule has 0 unspecified atom stereocenters. The van der Waals surface area contributed by atoms with Crippen molar-refractivity contribution in [1.82, 2.24) is 0 Å². The zero-order valence-electron chi connectivity index (χ0n) is 6.60. The number of aliphatic hydroxyl groups is 1. The van der Waals surface area contributed by atoms with Crippen LogP contribution in [0.5, 0.6) is 0 Å². The lowest BCUT2D eigenvalue weighted by molar-refractivity contribution is -0.123. The van der Waals surface area contributed by atoms with Gasteiger partial charge in [-0.15, -0.1) is 0 Å². The molecule has 2 atom stereocenters. The molecule has 0 saturated carbocycles. The summed E-state index contributed by atoms with van der Waals surface area (Å²) in [5.41, 5.74) is 1.86. The first kappa shape index (κ1) is 9.19. The molecule has 2 nitrogen and oxygen atoms in total. The van der Waals surface area contributed by atoms with Crippen LogP contribution < -0.4 is 0 Å². The lowest BCUT2D eigenvalue weighted by Gasteiger charge is -2.08. The number of hydrogen-bond donors (Lipinski definition) is 1. The number of Topliss-reactive ketones (excluding diaryl/α,β-unsaturated/α-hetero) is 1. The first-order valence-corrected chi connectivity index (χ1v) is 5.10. The third-order valence-corrected chi connectivity index (χ3v) is 3.11. The van der Waals surface area contributed by atoms with Gasteiger partial charge in [0.2, 0.25) is 0 Å². The molecule has 0 aromatic rings.